The smallest absolute Gasteiger partial charge is 0.343 e. The molecule has 6 aromatic rings. The van der Waals surface area contributed by atoms with E-state index in [2.05, 4.69) is 39.2 Å². The van der Waals surface area contributed by atoms with Gasteiger partial charge < -0.3 is 43.2 Å². The van der Waals surface area contributed by atoms with Crippen molar-refractivity contribution in [1.82, 2.24) is 0 Å². The van der Waals surface area contributed by atoms with Gasteiger partial charge in [0.15, 0.2) is 0 Å². The van der Waals surface area contributed by atoms with E-state index in [0.717, 1.165) is 102 Å². The average molecular weight is 1190 g/mol. The Bertz CT molecular complexity index is 3130. The molecule has 0 bridgehead atoms. The number of carbonyl (C=O) groups excluding carboxylic acids is 5. The Morgan fingerprint density at radius 3 is 1.61 bits per heavy atom. The van der Waals surface area contributed by atoms with E-state index in [9.17, 15) is 24.0 Å². The zero-order chi connectivity index (χ0) is 60.7. The highest BCUT2D eigenvalue weighted by Gasteiger charge is 2.24. The van der Waals surface area contributed by atoms with Crippen LogP contribution in [0.4, 0.5) is 5.69 Å². The molecule has 14 nitrogen and oxygen atoms in total. The van der Waals surface area contributed by atoms with E-state index in [4.69, 9.17) is 37.9 Å². The maximum absolute atomic E-state index is 13.5. The highest BCUT2D eigenvalue weighted by atomic mass is 32.2. The molecule has 0 unspecified atom stereocenters. The SMILES string of the molecule is C=CC(=O)OCCCCOc1ccc(CSc2ccc(OC(=O)c3ccc(OCCCCCCCOc4ccc(C(=O)Sc5ccc(/C=C/C(=O)Nc6ccc(OCCCCOC(=O)C=C)cc6)cc5OCC)cc4)cc3C(C)(C)C)cc2)cc1. The number of hydrogen-bond donors (Lipinski definition) is 1. The van der Waals surface area contributed by atoms with E-state index in [1.807, 2.05) is 91.9 Å². The lowest BCUT2D eigenvalue weighted by Gasteiger charge is -2.23. The molecular formula is C69H77NO13S2. The van der Waals surface area contributed by atoms with Gasteiger partial charge in [0.2, 0.25) is 11.0 Å². The van der Waals surface area contributed by atoms with E-state index in [1.165, 1.54) is 6.08 Å². The van der Waals surface area contributed by atoms with Gasteiger partial charge in [-0.15, -0.1) is 11.8 Å². The van der Waals surface area contributed by atoms with Gasteiger partial charge in [-0.1, -0.05) is 71.4 Å². The predicted molar refractivity (Wildman–Crippen MR) is 337 cm³/mol. The van der Waals surface area contributed by atoms with Crippen molar-refractivity contribution in [3.8, 4) is 34.5 Å². The Labute approximate surface area is 508 Å². The molecule has 85 heavy (non-hydrogen) atoms. The fourth-order valence-electron chi connectivity index (χ4n) is 8.21. The molecule has 0 atom stereocenters. The second kappa shape index (κ2) is 35.8. The van der Waals surface area contributed by atoms with Crippen LogP contribution in [0.3, 0.4) is 0 Å². The maximum Gasteiger partial charge on any atom is 0.343 e. The zero-order valence-corrected chi connectivity index (χ0v) is 50.7. The Morgan fingerprint density at radius 1 is 0.541 bits per heavy atom. The topological polar surface area (TPSA) is 171 Å². The number of esters is 3. The van der Waals surface area contributed by atoms with Crippen molar-refractivity contribution < 1.29 is 61.9 Å². The third kappa shape index (κ3) is 24.1. The third-order valence-corrected chi connectivity index (χ3v) is 14.8. The Balaban J connectivity index is 0.839. The van der Waals surface area contributed by atoms with Crippen LogP contribution in [0.25, 0.3) is 6.08 Å². The van der Waals surface area contributed by atoms with Gasteiger partial charge in [-0.25, -0.2) is 14.4 Å². The van der Waals surface area contributed by atoms with Crippen LogP contribution in [0.2, 0.25) is 0 Å². The summed E-state index contributed by atoms with van der Waals surface area (Å²) in [6.45, 7) is 18.0. The molecule has 1 amide bonds. The van der Waals surface area contributed by atoms with Gasteiger partial charge in [-0.05, 0) is 201 Å². The summed E-state index contributed by atoms with van der Waals surface area (Å²) in [6.07, 6.45) is 13.1. The summed E-state index contributed by atoms with van der Waals surface area (Å²) in [6, 6.07) is 40.8. The van der Waals surface area contributed by atoms with Gasteiger partial charge in [0.25, 0.3) is 0 Å². The fourth-order valence-corrected chi connectivity index (χ4v) is 9.87. The summed E-state index contributed by atoms with van der Waals surface area (Å²) in [5.41, 5.74) is 4.05. The number of nitrogens with one attached hydrogen (secondary N) is 1. The third-order valence-electron chi connectivity index (χ3n) is 12.8. The number of ether oxygens (including phenoxy) is 8. The number of hydrogen-bond acceptors (Lipinski definition) is 15. The molecule has 0 saturated heterocycles. The summed E-state index contributed by atoms with van der Waals surface area (Å²) in [7, 11) is 0. The van der Waals surface area contributed by atoms with Crippen LogP contribution in [-0.2, 0) is 35.0 Å². The minimum absolute atomic E-state index is 0.136. The quantitative estimate of drug-likeness (QED) is 0.0129. The van der Waals surface area contributed by atoms with Gasteiger partial charge in [0.05, 0.1) is 56.7 Å². The molecule has 448 valence electrons. The van der Waals surface area contributed by atoms with Crippen molar-refractivity contribution >= 4 is 64.2 Å². The van der Waals surface area contributed by atoms with E-state index in [-0.39, 0.29) is 16.4 Å². The molecule has 6 rings (SSSR count). The van der Waals surface area contributed by atoms with Crippen molar-refractivity contribution in [3.05, 3.63) is 193 Å². The standard InChI is InChI=1S/C69H77NO13S2/c1-7-65(72)81-45-17-15-43-78-54-27-19-51(20-28-54)49-84-59-36-33-57(34-37-59)83-67(74)60-38-35-58(48-61(60)69(4,5)6)80-42-14-12-10-11-13-41-77-55-29-23-52(24-30-55)68(75)85-63-39-21-50(47-62(63)76-9-3)22-40-64(71)70-53-25-31-56(32-26-53)79-44-16-18-46-82-66(73)8-2/h7-8,19-40,47-48H,1-2,9-18,41-46,49H2,3-6H3,(H,70,71)/b40-22+. The number of carbonyl (C=O) groups is 5. The fraction of sp³-hybridized carbons (Fsp3) is 0.319. The van der Waals surface area contributed by atoms with Gasteiger partial charge in [-0.3, -0.25) is 9.59 Å². The summed E-state index contributed by atoms with van der Waals surface area (Å²) in [4.78, 5) is 63.6. The zero-order valence-electron chi connectivity index (χ0n) is 49.1. The monoisotopic (exact) mass is 1190 g/mol. The molecule has 0 aliphatic heterocycles. The maximum atomic E-state index is 13.5. The number of thioether (sulfide) groups is 2. The van der Waals surface area contributed by atoms with Crippen LogP contribution in [0.1, 0.15) is 123 Å². The molecular weight excluding hydrogens is 1110 g/mol. The van der Waals surface area contributed by atoms with E-state index < -0.39 is 17.9 Å². The number of rotatable bonds is 36. The first-order valence-electron chi connectivity index (χ1n) is 28.7. The highest BCUT2D eigenvalue weighted by molar-refractivity contribution is 8.14. The highest BCUT2D eigenvalue weighted by Crippen LogP contribution is 2.35. The van der Waals surface area contributed by atoms with Gasteiger partial charge >= 0.3 is 17.9 Å². The Morgan fingerprint density at radius 2 is 1.05 bits per heavy atom. The second-order valence-electron chi connectivity index (χ2n) is 20.5. The van der Waals surface area contributed by atoms with Crippen LogP contribution < -0.4 is 33.7 Å². The first-order valence-corrected chi connectivity index (χ1v) is 30.5. The molecule has 0 heterocycles. The van der Waals surface area contributed by atoms with Crippen molar-refractivity contribution in [3.63, 3.8) is 0 Å². The first-order chi connectivity index (χ1) is 41.2. The molecule has 0 radical (unpaired) electrons. The van der Waals surface area contributed by atoms with Crippen molar-refractivity contribution in [2.45, 2.75) is 106 Å². The van der Waals surface area contributed by atoms with Crippen molar-refractivity contribution in [2.75, 3.05) is 51.6 Å². The van der Waals surface area contributed by atoms with Crippen molar-refractivity contribution in [1.29, 1.82) is 0 Å². The van der Waals surface area contributed by atoms with Crippen LogP contribution in [0.15, 0.2) is 175 Å². The Hall–Kier alpha value is -8.21. The summed E-state index contributed by atoms with van der Waals surface area (Å²) >= 11 is 2.77. The molecule has 0 aliphatic carbocycles. The number of unbranched alkanes of at least 4 members (excludes halogenated alkanes) is 6. The van der Waals surface area contributed by atoms with Gasteiger partial charge in [-0.2, -0.15) is 0 Å². The van der Waals surface area contributed by atoms with Crippen LogP contribution in [0, 0.1) is 0 Å². The molecule has 0 fully saturated rings. The summed E-state index contributed by atoms with van der Waals surface area (Å²) in [5, 5.41) is 2.71. The summed E-state index contributed by atoms with van der Waals surface area (Å²) < 4.78 is 45.4. The first kappa shape index (κ1) is 65.9. The average Bonchev–Trinajstić information content (AvgIpc) is 3.51. The molecule has 0 aliphatic rings. The predicted octanol–water partition coefficient (Wildman–Crippen LogP) is 15.7. The minimum atomic E-state index is -0.440. The number of amides is 1. The molecule has 0 aromatic heterocycles. The van der Waals surface area contributed by atoms with E-state index in [0.29, 0.717) is 110 Å². The van der Waals surface area contributed by atoms with Gasteiger partial charge in [0.1, 0.15) is 34.5 Å². The molecule has 0 spiro atoms. The van der Waals surface area contributed by atoms with Crippen LogP contribution >= 0.6 is 23.5 Å². The second-order valence-corrected chi connectivity index (χ2v) is 22.5. The lowest BCUT2D eigenvalue weighted by molar-refractivity contribution is -0.138. The molecule has 1 N–H and O–H groups in total. The van der Waals surface area contributed by atoms with E-state index >= 15 is 0 Å². The molecule has 16 heteroatoms. The normalized spacial score (nSPS) is 11.1. The lowest BCUT2D eigenvalue weighted by atomic mass is 9.83. The molecule has 6 aromatic carbocycles. The van der Waals surface area contributed by atoms with Gasteiger partial charge in [0, 0.05) is 40.1 Å². The van der Waals surface area contributed by atoms with Crippen LogP contribution in [-0.4, -0.2) is 75.2 Å². The van der Waals surface area contributed by atoms with E-state index in [1.54, 1.807) is 66.4 Å². The summed E-state index contributed by atoms with van der Waals surface area (Å²) in [5.74, 6) is 3.06. The van der Waals surface area contributed by atoms with Crippen LogP contribution in [0.5, 0.6) is 34.5 Å². The minimum Gasteiger partial charge on any atom is -0.494 e. The number of anilines is 1. The Kier molecular flexibility index (Phi) is 27.8. The lowest BCUT2D eigenvalue weighted by Crippen LogP contribution is -2.20. The number of benzene rings is 6. The molecule has 0 saturated carbocycles. The largest absolute Gasteiger partial charge is 0.494 e. The van der Waals surface area contributed by atoms with Crippen molar-refractivity contribution in [2.24, 2.45) is 0 Å².